The summed E-state index contributed by atoms with van der Waals surface area (Å²) in [6.07, 6.45) is 3.19. The lowest BCUT2D eigenvalue weighted by Gasteiger charge is -2.26. The number of sulfonamides is 1. The quantitative estimate of drug-likeness (QED) is 0.604. The molecular formula is C19H21FN6O3S. The molecule has 1 atom stereocenters. The maximum atomic E-state index is 13.7. The average molecular weight is 432 g/mol. The largest absolute Gasteiger partial charge is 0.350 e. The molecule has 0 bridgehead atoms. The molecule has 2 aromatic heterocycles. The van der Waals surface area contributed by atoms with Gasteiger partial charge in [-0.25, -0.2) is 27.4 Å². The van der Waals surface area contributed by atoms with E-state index in [0.29, 0.717) is 11.5 Å². The number of hydrogen-bond donors (Lipinski definition) is 2. The molecule has 158 valence electrons. The number of nitrogens with zero attached hydrogens (tertiary/aromatic N) is 4. The highest BCUT2D eigenvalue weighted by Crippen LogP contribution is 2.35. The number of aromatic nitrogens is 3. The summed E-state index contributed by atoms with van der Waals surface area (Å²) in [6.45, 7) is 0.642. The Morgan fingerprint density at radius 3 is 2.90 bits per heavy atom. The number of halogens is 1. The van der Waals surface area contributed by atoms with Gasteiger partial charge in [-0.15, -0.1) is 5.10 Å². The van der Waals surface area contributed by atoms with Crippen molar-refractivity contribution in [1.82, 2.24) is 19.9 Å². The molecule has 9 nitrogen and oxygen atoms in total. The molecule has 1 fully saturated rings. The molecule has 0 spiro atoms. The van der Waals surface area contributed by atoms with Crippen molar-refractivity contribution < 1.29 is 17.6 Å². The van der Waals surface area contributed by atoms with E-state index >= 15 is 0 Å². The Hall–Kier alpha value is -3.05. The molecule has 3 N–H and O–H groups in total. The number of benzene rings is 1. The highest BCUT2D eigenvalue weighted by atomic mass is 32.2. The smallest absolute Gasteiger partial charge is 0.271 e. The number of fused-ring (bicyclic) bond motifs is 1. The van der Waals surface area contributed by atoms with Crippen molar-refractivity contribution in [2.45, 2.75) is 18.9 Å². The lowest BCUT2D eigenvalue weighted by atomic mass is 10.0. The molecule has 1 aromatic carbocycles. The monoisotopic (exact) mass is 432 g/mol. The summed E-state index contributed by atoms with van der Waals surface area (Å²) in [4.78, 5) is 18.7. The molecule has 1 saturated heterocycles. The number of rotatable bonds is 6. The van der Waals surface area contributed by atoms with E-state index in [-0.39, 0.29) is 29.9 Å². The molecule has 3 heterocycles. The summed E-state index contributed by atoms with van der Waals surface area (Å²) < 4.78 is 37.2. The Bertz CT molecular complexity index is 1200. The van der Waals surface area contributed by atoms with Crippen LogP contribution in [0.25, 0.3) is 5.65 Å². The second kappa shape index (κ2) is 8.00. The molecule has 11 heteroatoms. The van der Waals surface area contributed by atoms with Gasteiger partial charge in [-0.1, -0.05) is 12.1 Å². The highest BCUT2D eigenvalue weighted by Gasteiger charge is 2.28. The third-order valence-electron chi connectivity index (χ3n) is 5.03. The van der Waals surface area contributed by atoms with Crippen molar-refractivity contribution in [3.8, 4) is 0 Å². The fourth-order valence-corrected chi connectivity index (χ4v) is 4.06. The third kappa shape index (κ3) is 4.26. The Balaban J connectivity index is 1.60. The zero-order valence-corrected chi connectivity index (χ0v) is 16.8. The number of imidazole rings is 1. The van der Waals surface area contributed by atoms with Crippen LogP contribution in [0.4, 0.5) is 10.2 Å². The first-order valence-corrected chi connectivity index (χ1v) is 11.2. The standard InChI is InChI=1S/C19H21FN6O3S/c20-14-4-1-3-13(11-14)15-5-2-9-25(15)18-7-6-17-23-12-16(26(17)24-18)19(27)22-8-10-30(21,28)29/h1,3-4,6-7,11-12,15H,2,5,8-10H2,(H,22,27)(H2,21,28,29). The maximum absolute atomic E-state index is 13.7. The molecule has 1 aliphatic rings. The highest BCUT2D eigenvalue weighted by molar-refractivity contribution is 7.89. The van der Waals surface area contributed by atoms with Gasteiger partial charge < -0.3 is 10.2 Å². The molecule has 0 radical (unpaired) electrons. The Labute approximate surface area is 172 Å². The summed E-state index contributed by atoms with van der Waals surface area (Å²) >= 11 is 0. The zero-order valence-electron chi connectivity index (χ0n) is 16.0. The van der Waals surface area contributed by atoms with Crippen LogP contribution in [0.2, 0.25) is 0 Å². The van der Waals surface area contributed by atoms with Gasteiger partial charge in [0.2, 0.25) is 10.0 Å². The number of nitrogens with two attached hydrogens (primary N) is 1. The zero-order chi connectivity index (χ0) is 21.3. The summed E-state index contributed by atoms with van der Waals surface area (Å²) in [5.74, 6) is -0.502. The fraction of sp³-hybridized carbons (Fsp3) is 0.316. The van der Waals surface area contributed by atoms with Gasteiger partial charge in [0.05, 0.1) is 18.0 Å². The molecule has 4 rings (SSSR count). The van der Waals surface area contributed by atoms with Gasteiger partial charge >= 0.3 is 0 Å². The van der Waals surface area contributed by atoms with E-state index in [1.165, 1.54) is 22.8 Å². The first kappa shape index (κ1) is 20.2. The Morgan fingerprint density at radius 2 is 2.13 bits per heavy atom. The number of amides is 1. The average Bonchev–Trinajstić information content (AvgIpc) is 3.33. The van der Waals surface area contributed by atoms with E-state index < -0.39 is 15.9 Å². The molecular weight excluding hydrogens is 411 g/mol. The van der Waals surface area contributed by atoms with Crippen molar-refractivity contribution in [2.24, 2.45) is 5.14 Å². The first-order chi connectivity index (χ1) is 14.3. The van der Waals surface area contributed by atoms with E-state index in [1.54, 1.807) is 12.1 Å². The van der Waals surface area contributed by atoms with Crippen LogP contribution < -0.4 is 15.4 Å². The van der Waals surface area contributed by atoms with Gasteiger partial charge in [-0.05, 0) is 42.7 Å². The third-order valence-corrected chi connectivity index (χ3v) is 5.81. The van der Waals surface area contributed by atoms with Gasteiger partial charge in [0, 0.05) is 13.1 Å². The molecule has 1 unspecified atom stereocenters. The summed E-state index contributed by atoms with van der Waals surface area (Å²) in [5.41, 5.74) is 1.54. The lowest BCUT2D eigenvalue weighted by Crippen LogP contribution is -2.32. The molecule has 0 aliphatic carbocycles. The van der Waals surface area contributed by atoms with Crippen LogP contribution in [0.3, 0.4) is 0 Å². The van der Waals surface area contributed by atoms with Crippen LogP contribution in [-0.4, -0.2) is 47.8 Å². The second-order valence-corrected chi connectivity index (χ2v) is 8.87. The predicted octanol–water partition coefficient (Wildman–Crippen LogP) is 1.23. The summed E-state index contributed by atoms with van der Waals surface area (Å²) in [5, 5.41) is 12.0. The predicted molar refractivity (Wildman–Crippen MR) is 109 cm³/mol. The molecule has 30 heavy (non-hydrogen) atoms. The lowest BCUT2D eigenvalue weighted by molar-refractivity contribution is 0.0949. The van der Waals surface area contributed by atoms with Crippen molar-refractivity contribution in [3.05, 3.63) is 59.7 Å². The van der Waals surface area contributed by atoms with Crippen molar-refractivity contribution in [2.75, 3.05) is 23.7 Å². The summed E-state index contributed by atoms with van der Waals surface area (Å²) in [7, 11) is -3.67. The van der Waals surface area contributed by atoms with Gasteiger partial charge in [0.1, 0.15) is 11.6 Å². The van der Waals surface area contributed by atoms with Crippen LogP contribution in [0.15, 0.2) is 42.6 Å². The van der Waals surface area contributed by atoms with E-state index in [2.05, 4.69) is 20.3 Å². The normalized spacial score (nSPS) is 16.9. The maximum Gasteiger partial charge on any atom is 0.271 e. The van der Waals surface area contributed by atoms with Gasteiger partial charge in [0.25, 0.3) is 5.91 Å². The molecule has 3 aromatic rings. The van der Waals surface area contributed by atoms with Crippen LogP contribution in [0.5, 0.6) is 0 Å². The van der Waals surface area contributed by atoms with E-state index in [9.17, 15) is 17.6 Å². The first-order valence-electron chi connectivity index (χ1n) is 9.47. The number of carbonyl (C=O) groups is 1. The van der Waals surface area contributed by atoms with E-state index in [4.69, 9.17) is 5.14 Å². The Kier molecular flexibility index (Phi) is 5.39. The van der Waals surface area contributed by atoms with E-state index in [0.717, 1.165) is 24.9 Å². The number of nitrogens with one attached hydrogen (secondary N) is 1. The van der Waals surface area contributed by atoms with Crippen molar-refractivity contribution in [1.29, 1.82) is 0 Å². The van der Waals surface area contributed by atoms with Gasteiger partial charge in [-0.3, -0.25) is 4.79 Å². The summed E-state index contributed by atoms with van der Waals surface area (Å²) in [6, 6.07) is 10.1. The van der Waals surface area contributed by atoms with E-state index in [1.807, 2.05) is 12.1 Å². The van der Waals surface area contributed by atoms with Crippen molar-refractivity contribution in [3.63, 3.8) is 0 Å². The SMILES string of the molecule is NS(=O)(=O)CCNC(=O)c1cnc2ccc(N3CCCC3c3cccc(F)c3)nn12. The van der Waals surface area contributed by atoms with Crippen LogP contribution in [-0.2, 0) is 10.0 Å². The minimum Gasteiger partial charge on any atom is -0.350 e. The number of anilines is 1. The van der Waals surface area contributed by atoms with Crippen LogP contribution >= 0.6 is 0 Å². The fourth-order valence-electron chi connectivity index (χ4n) is 3.67. The van der Waals surface area contributed by atoms with Gasteiger partial charge in [0.15, 0.2) is 11.3 Å². The minimum atomic E-state index is -3.67. The topological polar surface area (TPSA) is 123 Å². The second-order valence-electron chi connectivity index (χ2n) is 7.13. The van der Waals surface area contributed by atoms with Gasteiger partial charge in [-0.2, -0.15) is 0 Å². The molecule has 0 saturated carbocycles. The Morgan fingerprint density at radius 1 is 1.30 bits per heavy atom. The number of hydrogen-bond acceptors (Lipinski definition) is 6. The molecule has 1 aliphatic heterocycles. The van der Waals surface area contributed by atoms with Crippen LogP contribution in [0.1, 0.15) is 34.9 Å². The van der Waals surface area contributed by atoms with Crippen LogP contribution in [0, 0.1) is 5.82 Å². The number of primary sulfonamides is 1. The van der Waals surface area contributed by atoms with Crippen molar-refractivity contribution >= 4 is 27.4 Å². The molecule has 1 amide bonds. The number of carbonyl (C=O) groups excluding carboxylic acids is 1. The minimum absolute atomic E-state index is 0.0128.